The lowest BCUT2D eigenvalue weighted by Gasteiger charge is -2.17. The van der Waals surface area contributed by atoms with Crippen molar-refractivity contribution in [3.63, 3.8) is 0 Å². The number of carbonyl (C=O) groups excluding carboxylic acids is 1. The Morgan fingerprint density at radius 1 is 1.07 bits per heavy atom. The lowest BCUT2D eigenvalue weighted by atomic mass is 9.99. The molecule has 0 radical (unpaired) electrons. The summed E-state index contributed by atoms with van der Waals surface area (Å²) in [6.07, 6.45) is 1.78. The molecule has 0 spiro atoms. The zero-order valence-electron chi connectivity index (χ0n) is 14.9. The van der Waals surface area contributed by atoms with Crippen molar-refractivity contribution in [2.75, 3.05) is 11.3 Å². The summed E-state index contributed by atoms with van der Waals surface area (Å²) in [4.78, 5) is 15.6. The molecule has 0 fully saturated rings. The zero-order valence-corrected chi connectivity index (χ0v) is 16.4. The fraction of sp³-hybridized carbons (Fsp3) is 0.100. The fourth-order valence-electron chi connectivity index (χ4n) is 2.95. The molecule has 1 N–H and O–H groups in total. The number of fused-ring (bicyclic) bond motifs is 1. The van der Waals surface area contributed by atoms with Crippen molar-refractivity contribution in [1.82, 2.24) is 4.98 Å². The first-order valence-corrected chi connectivity index (χ1v) is 10.4. The van der Waals surface area contributed by atoms with Gasteiger partial charge in [0.1, 0.15) is 18.2 Å². The van der Waals surface area contributed by atoms with Crippen LogP contribution in [0.25, 0.3) is 11.1 Å². The van der Waals surface area contributed by atoms with Crippen LogP contribution in [0.1, 0.15) is 5.56 Å². The number of carbonyl (C=O) groups is 1. The van der Waals surface area contributed by atoms with Crippen LogP contribution >= 0.6 is 11.6 Å². The van der Waals surface area contributed by atoms with Gasteiger partial charge in [-0.2, -0.15) is 0 Å². The van der Waals surface area contributed by atoms with Crippen LogP contribution in [-0.4, -0.2) is 25.8 Å². The Morgan fingerprint density at radius 2 is 1.83 bits per heavy atom. The maximum atomic E-state index is 13.1. The van der Waals surface area contributed by atoms with Crippen LogP contribution in [0.2, 0.25) is 5.15 Å². The van der Waals surface area contributed by atoms with Crippen molar-refractivity contribution in [1.29, 1.82) is 0 Å². The van der Waals surface area contributed by atoms with E-state index in [9.17, 15) is 17.6 Å². The molecule has 0 atom stereocenters. The molecule has 3 aromatic rings. The highest BCUT2D eigenvalue weighted by molar-refractivity contribution is 7.92. The number of ether oxygens (including phenoxy) is 1. The summed E-state index contributed by atoms with van der Waals surface area (Å²) in [7, 11) is -3.98. The molecule has 2 aromatic carbocycles. The van der Waals surface area contributed by atoms with Gasteiger partial charge in [0.15, 0.2) is 10.9 Å². The molecule has 6 nitrogen and oxygen atoms in total. The van der Waals surface area contributed by atoms with Gasteiger partial charge in [0.25, 0.3) is 10.0 Å². The summed E-state index contributed by atoms with van der Waals surface area (Å²) in [5, 5.41) is -0.0316. The first-order chi connectivity index (χ1) is 13.8. The van der Waals surface area contributed by atoms with Gasteiger partial charge in [-0.15, -0.1) is 0 Å². The van der Waals surface area contributed by atoms with Gasteiger partial charge in [0, 0.05) is 23.7 Å². The molecule has 0 amide bonds. The summed E-state index contributed by atoms with van der Waals surface area (Å²) in [6.45, 7) is 0.0597. The molecule has 1 aliphatic rings. The van der Waals surface area contributed by atoms with Crippen LogP contribution in [0.4, 0.5) is 10.1 Å². The number of nitrogens with one attached hydrogen (secondary N) is 1. The quantitative estimate of drug-likeness (QED) is 0.633. The molecule has 4 rings (SSSR count). The van der Waals surface area contributed by atoms with Crippen LogP contribution in [0.5, 0.6) is 5.75 Å². The van der Waals surface area contributed by atoms with Gasteiger partial charge in [-0.05, 0) is 48.0 Å². The lowest BCUT2D eigenvalue weighted by Crippen LogP contribution is -2.20. The summed E-state index contributed by atoms with van der Waals surface area (Å²) >= 11 is 6.07. The van der Waals surface area contributed by atoms with Gasteiger partial charge in [0.2, 0.25) is 0 Å². The summed E-state index contributed by atoms with van der Waals surface area (Å²) in [5.74, 6) is 0.0876. The summed E-state index contributed by atoms with van der Waals surface area (Å²) < 4.78 is 46.0. The van der Waals surface area contributed by atoms with Crippen molar-refractivity contribution >= 4 is 33.1 Å². The van der Waals surface area contributed by atoms with E-state index in [1.807, 2.05) is 0 Å². The monoisotopic (exact) mass is 432 g/mol. The average molecular weight is 433 g/mol. The largest absolute Gasteiger partial charge is 0.486 e. The number of halogens is 2. The van der Waals surface area contributed by atoms with Gasteiger partial charge in [0.05, 0.1) is 10.6 Å². The molecule has 9 heteroatoms. The molecule has 0 unspecified atom stereocenters. The van der Waals surface area contributed by atoms with Crippen molar-refractivity contribution < 1.29 is 22.3 Å². The lowest BCUT2D eigenvalue weighted by molar-refractivity contribution is -0.121. The number of aromatic nitrogens is 1. The Kier molecular flexibility index (Phi) is 4.97. The standard InChI is InChI=1S/C20H14ClFN2O4S/c21-20-18(24-29(26,27)17-4-2-15(22)3-5-17)9-14(10-23-20)12-1-6-19-13(7-12)8-16(25)11-28-19/h1-7,9-10,24H,8,11H2. The number of anilines is 1. The van der Waals surface area contributed by atoms with Crippen molar-refractivity contribution in [2.24, 2.45) is 0 Å². The number of hydrogen-bond acceptors (Lipinski definition) is 5. The highest BCUT2D eigenvalue weighted by Gasteiger charge is 2.19. The van der Waals surface area contributed by atoms with E-state index in [0.717, 1.165) is 35.4 Å². The van der Waals surface area contributed by atoms with E-state index >= 15 is 0 Å². The topological polar surface area (TPSA) is 85.4 Å². The van der Waals surface area contributed by atoms with Crippen LogP contribution < -0.4 is 9.46 Å². The van der Waals surface area contributed by atoms with E-state index in [2.05, 4.69) is 9.71 Å². The molecule has 1 aromatic heterocycles. The number of nitrogens with zero attached hydrogens (tertiary/aromatic N) is 1. The maximum Gasteiger partial charge on any atom is 0.261 e. The van der Waals surface area contributed by atoms with Crippen LogP contribution in [0.3, 0.4) is 0 Å². The van der Waals surface area contributed by atoms with E-state index in [1.165, 1.54) is 6.20 Å². The first-order valence-electron chi connectivity index (χ1n) is 8.53. The van der Waals surface area contributed by atoms with E-state index in [4.69, 9.17) is 16.3 Å². The summed E-state index contributed by atoms with van der Waals surface area (Å²) in [5.41, 5.74) is 2.17. The average Bonchev–Trinajstić information content (AvgIpc) is 2.69. The Hall–Kier alpha value is -2.97. The minimum atomic E-state index is -3.98. The second-order valence-corrected chi connectivity index (χ2v) is 8.49. The van der Waals surface area contributed by atoms with E-state index in [1.54, 1.807) is 24.3 Å². The molecule has 0 bridgehead atoms. The van der Waals surface area contributed by atoms with Gasteiger partial charge in [-0.25, -0.2) is 17.8 Å². The Morgan fingerprint density at radius 3 is 2.59 bits per heavy atom. The normalized spacial score (nSPS) is 13.5. The second-order valence-electron chi connectivity index (χ2n) is 6.45. The van der Waals surface area contributed by atoms with Crippen molar-refractivity contribution in [3.05, 3.63) is 71.3 Å². The molecule has 0 aliphatic carbocycles. The molecule has 0 saturated heterocycles. The van der Waals surface area contributed by atoms with Crippen LogP contribution in [0.15, 0.2) is 59.6 Å². The zero-order chi connectivity index (χ0) is 20.6. The second kappa shape index (κ2) is 7.46. The molecule has 1 aliphatic heterocycles. The van der Waals surface area contributed by atoms with Gasteiger partial charge >= 0.3 is 0 Å². The Bertz CT molecular complexity index is 1210. The third-order valence-electron chi connectivity index (χ3n) is 4.38. The highest BCUT2D eigenvalue weighted by Crippen LogP contribution is 2.32. The van der Waals surface area contributed by atoms with Crippen molar-refractivity contribution in [2.45, 2.75) is 11.3 Å². The molecular formula is C20H14ClFN2O4S. The predicted molar refractivity (Wildman–Crippen MR) is 106 cm³/mol. The minimum absolute atomic E-state index is 0.0170. The molecule has 29 heavy (non-hydrogen) atoms. The molecule has 0 saturated carbocycles. The van der Waals surface area contributed by atoms with E-state index < -0.39 is 15.8 Å². The third kappa shape index (κ3) is 4.08. The molecule has 148 valence electrons. The van der Waals surface area contributed by atoms with Gasteiger partial charge < -0.3 is 4.74 Å². The number of ketones is 1. The summed E-state index contributed by atoms with van der Waals surface area (Å²) in [6, 6.07) is 11.3. The van der Waals surface area contributed by atoms with Gasteiger partial charge in [-0.3, -0.25) is 9.52 Å². The van der Waals surface area contributed by atoms with Crippen molar-refractivity contribution in [3.8, 4) is 16.9 Å². The number of benzene rings is 2. The Labute approximate surface area is 171 Å². The number of hydrogen-bond donors (Lipinski definition) is 1. The molecule has 2 heterocycles. The number of rotatable bonds is 4. The SMILES string of the molecule is O=C1COc2ccc(-c3cnc(Cl)c(NS(=O)(=O)c4ccc(F)cc4)c3)cc2C1. The first kappa shape index (κ1) is 19.4. The smallest absolute Gasteiger partial charge is 0.261 e. The predicted octanol–water partition coefficient (Wildman–Crippen LogP) is 3.85. The third-order valence-corrected chi connectivity index (χ3v) is 6.06. The van der Waals surface area contributed by atoms with E-state index in [0.29, 0.717) is 11.3 Å². The maximum absolute atomic E-state index is 13.1. The highest BCUT2D eigenvalue weighted by atomic mass is 35.5. The van der Waals surface area contributed by atoms with Crippen LogP contribution in [0, 0.1) is 5.82 Å². The van der Waals surface area contributed by atoms with Gasteiger partial charge in [-0.1, -0.05) is 17.7 Å². The number of pyridine rings is 1. The number of Topliss-reactive ketones (excluding diaryl/α,β-unsaturated/α-hetero) is 1. The Balaban J connectivity index is 1.67. The molecular weight excluding hydrogens is 419 g/mol. The number of sulfonamides is 1. The van der Waals surface area contributed by atoms with Crippen LogP contribution in [-0.2, 0) is 21.2 Å². The minimum Gasteiger partial charge on any atom is -0.486 e. The fourth-order valence-corrected chi connectivity index (χ4v) is 4.22. The van der Waals surface area contributed by atoms with E-state index in [-0.39, 0.29) is 34.5 Å².